The van der Waals surface area contributed by atoms with Gasteiger partial charge in [0.1, 0.15) is 0 Å². The van der Waals surface area contributed by atoms with Gasteiger partial charge in [-0.2, -0.15) is 13.2 Å². The van der Waals surface area contributed by atoms with Crippen LogP contribution < -0.4 is 0 Å². The molecule has 0 atom stereocenters. The normalized spacial score (nSPS) is 12.5. The minimum atomic E-state index is -4.31. The van der Waals surface area contributed by atoms with E-state index < -0.39 is 11.7 Å². The van der Waals surface area contributed by atoms with Crippen molar-refractivity contribution in [3.63, 3.8) is 0 Å². The number of hydrogen-bond acceptors (Lipinski definition) is 0. The Hall–Kier alpha value is -1.22. The lowest BCUT2D eigenvalue weighted by atomic mass is 10.1. The predicted octanol–water partition coefficient (Wildman–Crippen LogP) is 5.25. The molecule has 1 aromatic rings. The SMILES string of the molecule is CC(C)=CC=C(Cl)c1ccc(C(F)(F)F)cc1. The van der Waals surface area contributed by atoms with Crippen molar-refractivity contribution >= 4 is 16.6 Å². The molecule has 1 rings (SSSR count). The fourth-order valence-corrected chi connectivity index (χ4v) is 1.34. The van der Waals surface area contributed by atoms with Crippen molar-refractivity contribution in [3.8, 4) is 0 Å². The first-order chi connectivity index (χ1) is 7.80. The molecule has 0 aliphatic rings. The zero-order valence-corrected chi connectivity index (χ0v) is 10.2. The number of rotatable bonds is 2. The van der Waals surface area contributed by atoms with Crippen LogP contribution >= 0.6 is 11.6 Å². The van der Waals surface area contributed by atoms with Crippen LogP contribution in [0.1, 0.15) is 25.0 Å². The Morgan fingerprint density at radius 2 is 1.59 bits per heavy atom. The molecule has 17 heavy (non-hydrogen) atoms. The van der Waals surface area contributed by atoms with Crippen LogP contribution in [0.4, 0.5) is 13.2 Å². The molecule has 0 N–H and O–H groups in total. The highest BCUT2D eigenvalue weighted by Crippen LogP contribution is 2.30. The van der Waals surface area contributed by atoms with Crippen LogP contribution in [0.2, 0.25) is 0 Å². The van der Waals surface area contributed by atoms with Crippen LogP contribution in [0.15, 0.2) is 42.0 Å². The summed E-state index contributed by atoms with van der Waals surface area (Å²) in [5.41, 5.74) is 0.958. The fourth-order valence-electron chi connectivity index (χ4n) is 1.15. The molecule has 0 saturated carbocycles. The Morgan fingerprint density at radius 1 is 1.06 bits per heavy atom. The van der Waals surface area contributed by atoms with Crippen LogP contribution in [-0.2, 0) is 6.18 Å². The van der Waals surface area contributed by atoms with Gasteiger partial charge in [0.15, 0.2) is 0 Å². The third kappa shape index (κ3) is 4.27. The minimum absolute atomic E-state index is 0.417. The highest BCUT2D eigenvalue weighted by molar-refractivity contribution is 6.48. The molecular formula is C13H12ClF3. The molecule has 0 aliphatic heterocycles. The van der Waals surface area contributed by atoms with Gasteiger partial charge in [0.25, 0.3) is 0 Å². The van der Waals surface area contributed by atoms with Crippen LogP contribution in [-0.4, -0.2) is 0 Å². The van der Waals surface area contributed by atoms with Gasteiger partial charge in [-0.3, -0.25) is 0 Å². The number of alkyl halides is 3. The van der Waals surface area contributed by atoms with Gasteiger partial charge in [-0.1, -0.05) is 35.4 Å². The van der Waals surface area contributed by atoms with Gasteiger partial charge in [-0.05, 0) is 37.6 Å². The van der Waals surface area contributed by atoms with E-state index in [2.05, 4.69) is 0 Å². The summed E-state index contributed by atoms with van der Waals surface area (Å²) in [7, 11) is 0. The molecule has 0 spiro atoms. The standard InChI is InChI=1S/C13H12ClF3/c1-9(2)3-8-12(14)10-4-6-11(7-5-10)13(15,16)17/h3-8H,1-2H3. The Bertz CT molecular complexity index is 435. The molecule has 0 radical (unpaired) electrons. The van der Waals surface area contributed by atoms with E-state index in [9.17, 15) is 13.2 Å². The summed E-state index contributed by atoms with van der Waals surface area (Å²) in [6, 6.07) is 4.77. The summed E-state index contributed by atoms with van der Waals surface area (Å²) in [5.74, 6) is 0. The second-order valence-corrected chi connectivity index (χ2v) is 4.24. The lowest BCUT2D eigenvalue weighted by Gasteiger charge is -2.06. The summed E-state index contributed by atoms with van der Waals surface area (Å²) in [4.78, 5) is 0. The molecule has 92 valence electrons. The average molecular weight is 261 g/mol. The first-order valence-electron chi connectivity index (χ1n) is 4.99. The Kier molecular flexibility index (Phi) is 4.40. The molecule has 0 heterocycles. The number of benzene rings is 1. The van der Waals surface area contributed by atoms with E-state index in [0.717, 1.165) is 17.7 Å². The van der Waals surface area contributed by atoms with Gasteiger partial charge in [-0.15, -0.1) is 0 Å². The van der Waals surface area contributed by atoms with Gasteiger partial charge in [0.05, 0.1) is 5.56 Å². The van der Waals surface area contributed by atoms with E-state index >= 15 is 0 Å². The van der Waals surface area contributed by atoms with Crippen molar-refractivity contribution in [2.45, 2.75) is 20.0 Å². The largest absolute Gasteiger partial charge is 0.416 e. The van der Waals surface area contributed by atoms with Gasteiger partial charge < -0.3 is 0 Å². The molecular weight excluding hydrogens is 249 g/mol. The monoisotopic (exact) mass is 260 g/mol. The summed E-state index contributed by atoms with van der Waals surface area (Å²) < 4.78 is 37.0. The zero-order valence-electron chi connectivity index (χ0n) is 9.48. The molecule has 0 nitrogen and oxygen atoms in total. The van der Waals surface area contributed by atoms with Crippen LogP contribution in [0.5, 0.6) is 0 Å². The molecule has 0 unspecified atom stereocenters. The number of hydrogen-bond donors (Lipinski definition) is 0. The molecule has 0 aromatic heterocycles. The smallest absolute Gasteiger partial charge is 0.166 e. The van der Waals surface area contributed by atoms with Crippen molar-refractivity contribution in [2.75, 3.05) is 0 Å². The average Bonchev–Trinajstić information content (AvgIpc) is 2.25. The second kappa shape index (κ2) is 5.41. The van der Waals surface area contributed by atoms with E-state index in [1.165, 1.54) is 12.1 Å². The maximum atomic E-state index is 12.3. The first kappa shape index (κ1) is 13.8. The third-order valence-electron chi connectivity index (χ3n) is 2.05. The number of halogens is 4. The molecule has 0 bridgehead atoms. The zero-order chi connectivity index (χ0) is 13.1. The van der Waals surface area contributed by atoms with Crippen molar-refractivity contribution in [1.82, 2.24) is 0 Å². The van der Waals surface area contributed by atoms with Crippen molar-refractivity contribution in [1.29, 1.82) is 0 Å². The van der Waals surface area contributed by atoms with Gasteiger partial charge in [0, 0.05) is 5.03 Å². The lowest BCUT2D eigenvalue weighted by molar-refractivity contribution is -0.137. The molecule has 4 heteroatoms. The van der Waals surface area contributed by atoms with E-state index in [1.807, 2.05) is 13.8 Å². The minimum Gasteiger partial charge on any atom is -0.166 e. The Balaban J connectivity index is 2.96. The maximum absolute atomic E-state index is 12.3. The molecule has 0 amide bonds. The number of allylic oxidation sites excluding steroid dienone is 3. The highest BCUT2D eigenvalue weighted by atomic mass is 35.5. The molecule has 0 saturated heterocycles. The topological polar surface area (TPSA) is 0 Å². The van der Waals surface area contributed by atoms with Gasteiger partial charge >= 0.3 is 6.18 Å². The fraction of sp³-hybridized carbons (Fsp3) is 0.231. The third-order valence-corrected chi connectivity index (χ3v) is 2.40. The van der Waals surface area contributed by atoms with Gasteiger partial charge in [0.2, 0.25) is 0 Å². The Labute approximate surface area is 103 Å². The van der Waals surface area contributed by atoms with E-state index in [0.29, 0.717) is 10.6 Å². The van der Waals surface area contributed by atoms with Crippen molar-refractivity contribution in [2.24, 2.45) is 0 Å². The Morgan fingerprint density at radius 3 is 2.00 bits per heavy atom. The van der Waals surface area contributed by atoms with Crippen LogP contribution in [0.25, 0.3) is 5.03 Å². The van der Waals surface area contributed by atoms with Crippen molar-refractivity contribution in [3.05, 3.63) is 53.1 Å². The van der Waals surface area contributed by atoms with E-state index in [1.54, 1.807) is 12.2 Å². The highest BCUT2D eigenvalue weighted by Gasteiger charge is 2.29. The van der Waals surface area contributed by atoms with Crippen LogP contribution in [0, 0.1) is 0 Å². The summed E-state index contributed by atoms with van der Waals surface area (Å²) >= 11 is 5.95. The predicted molar refractivity (Wildman–Crippen MR) is 64.7 cm³/mol. The molecule has 1 aromatic carbocycles. The van der Waals surface area contributed by atoms with E-state index in [4.69, 9.17) is 11.6 Å². The summed E-state index contributed by atoms with van der Waals surface area (Å²) in [6.07, 6.45) is -0.839. The summed E-state index contributed by atoms with van der Waals surface area (Å²) in [5, 5.41) is 0.417. The van der Waals surface area contributed by atoms with Crippen LogP contribution in [0.3, 0.4) is 0 Å². The maximum Gasteiger partial charge on any atom is 0.416 e. The molecule has 0 fully saturated rings. The molecule has 0 aliphatic carbocycles. The quantitative estimate of drug-likeness (QED) is 0.637. The lowest BCUT2D eigenvalue weighted by Crippen LogP contribution is -2.04. The van der Waals surface area contributed by atoms with E-state index in [-0.39, 0.29) is 0 Å². The first-order valence-corrected chi connectivity index (χ1v) is 5.37. The van der Waals surface area contributed by atoms with Gasteiger partial charge in [-0.25, -0.2) is 0 Å². The van der Waals surface area contributed by atoms with Crippen molar-refractivity contribution < 1.29 is 13.2 Å². The summed E-state index contributed by atoms with van der Waals surface area (Å²) in [6.45, 7) is 3.82. The second-order valence-electron chi connectivity index (χ2n) is 3.83.